The average molecular weight is 264 g/mol. The summed E-state index contributed by atoms with van der Waals surface area (Å²) < 4.78 is 5.08. The van der Waals surface area contributed by atoms with Crippen LogP contribution in [-0.2, 0) is 22.7 Å². The molecule has 0 spiro atoms. The minimum Gasteiger partial charge on any atom is -0.380 e. The minimum absolute atomic E-state index is 0.0918. The molecule has 0 unspecified atom stereocenters. The summed E-state index contributed by atoms with van der Waals surface area (Å²) in [6.45, 7) is 5.19. The molecule has 1 aromatic rings. The van der Waals surface area contributed by atoms with Gasteiger partial charge in [0, 0.05) is 13.7 Å². The molecule has 4 nitrogen and oxygen atoms in total. The second-order valence-electron chi connectivity index (χ2n) is 5.21. The highest BCUT2D eigenvalue weighted by molar-refractivity contribution is 5.81. The summed E-state index contributed by atoms with van der Waals surface area (Å²) in [7, 11) is 1.67. The van der Waals surface area contributed by atoms with Crippen molar-refractivity contribution in [2.75, 3.05) is 7.11 Å². The first kappa shape index (κ1) is 15.7. The highest BCUT2D eigenvalue weighted by Crippen LogP contribution is 2.07. The SMILES string of the molecule is COCc1cccc(CNC(=O)[C@@H](N)CC(C)C)c1. The lowest BCUT2D eigenvalue weighted by molar-refractivity contribution is -0.122. The van der Waals surface area contributed by atoms with Crippen molar-refractivity contribution in [3.8, 4) is 0 Å². The Morgan fingerprint density at radius 2 is 2.05 bits per heavy atom. The third-order valence-corrected chi connectivity index (χ3v) is 2.83. The van der Waals surface area contributed by atoms with E-state index in [0.29, 0.717) is 25.5 Å². The van der Waals surface area contributed by atoms with Crippen molar-refractivity contribution in [3.63, 3.8) is 0 Å². The Labute approximate surface area is 115 Å². The molecule has 1 amide bonds. The second-order valence-corrected chi connectivity index (χ2v) is 5.21. The lowest BCUT2D eigenvalue weighted by Gasteiger charge is -2.14. The zero-order valence-corrected chi connectivity index (χ0v) is 12.0. The monoisotopic (exact) mass is 264 g/mol. The average Bonchev–Trinajstić information content (AvgIpc) is 2.36. The quantitative estimate of drug-likeness (QED) is 0.789. The Balaban J connectivity index is 2.47. The first-order valence-electron chi connectivity index (χ1n) is 6.63. The van der Waals surface area contributed by atoms with Gasteiger partial charge in [0.15, 0.2) is 0 Å². The van der Waals surface area contributed by atoms with Gasteiger partial charge in [-0.1, -0.05) is 38.1 Å². The van der Waals surface area contributed by atoms with Gasteiger partial charge in [-0.25, -0.2) is 0 Å². The second kappa shape index (κ2) is 7.92. The lowest BCUT2D eigenvalue weighted by Crippen LogP contribution is -2.41. The maximum absolute atomic E-state index is 11.8. The van der Waals surface area contributed by atoms with Gasteiger partial charge in [0.25, 0.3) is 0 Å². The number of ether oxygens (including phenoxy) is 1. The Kier molecular flexibility index (Phi) is 6.53. The first-order valence-corrected chi connectivity index (χ1v) is 6.63. The van der Waals surface area contributed by atoms with Crippen molar-refractivity contribution < 1.29 is 9.53 Å². The van der Waals surface area contributed by atoms with Crippen LogP contribution < -0.4 is 11.1 Å². The Bertz CT molecular complexity index is 405. The van der Waals surface area contributed by atoms with E-state index >= 15 is 0 Å². The van der Waals surface area contributed by atoms with Gasteiger partial charge in [-0.2, -0.15) is 0 Å². The lowest BCUT2D eigenvalue weighted by atomic mass is 10.0. The van der Waals surface area contributed by atoms with E-state index in [1.807, 2.05) is 24.3 Å². The van der Waals surface area contributed by atoms with Crippen molar-refractivity contribution >= 4 is 5.91 Å². The number of rotatable bonds is 7. The van der Waals surface area contributed by atoms with Crippen molar-refractivity contribution in [1.29, 1.82) is 0 Å². The van der Waals surface area contributed by atoms with E-state index in [0.717, 1.165) is 11.1 Å². The van der Waals surface area contributed by atoms with E-state index in [-0.39, 0.29) is 5.91 Å². The van der Waals surface area contributed by atoms with Crippen LogP contribution in [0.4, 0.5) is 0 Å². The minimum atomic E-state index is -0.429. The molecule has 0 aliphatic heterocycles. The number of hydrogen-bond acceptors (Lipinski definition) is 3. The first-order chi connectivity index (χ1) is 9.02. The molecule has 1 aromatic carbocycles. The fourth-order valence-corrected chi connectivity index (χ4v) is 1.93. The van der Waals surface area contributed by atoms with Crippen molar-refractivity contribution in [1.82, 2.24) is 5.32 Å². The Morgan fingerprint density at radius 1 is 1.37 bits per heavy atom. The standard InChI is InChI=1S/C15H24N2O2/c1-11(2)7-14(16)15(18)17-9-12-5-4-6-13(8-12)10-19-3/h4-6,8,11,14H,7,9-10,16H2,1-3H3,(H,17,18)/t14-/m0/s1. The molecule has 106 valence electrons. The van der Waals surface area contributed by atoms with Crippen LogP contribution >= 0.6 is 0 Å². The van der Waals surface area contributed by atoms with Gasteiger partial charge in [-0.05, 0) is 23.5 Å². The molecule has 0 saturated carbocycles. The van der Waals surface area contributed by atoms with Gasteiger partial charge in [-0.3, -0.25) is 4.79 Å². The summed E-state index contributed by atoms with van der Waals surface area (Å²) in [6, 6.07) is 7.54. The van der Waals surface area contributed by atoms with E-state index in [1.54, 1.807) is 7.11 Å². The maximum Gasteiger partial charge on any atom is 0.237 e. The molecule has 0 aromatic heterocycles. The number of carbonyl (C=O) groups is 1. The molecule has 19 heavy (non-hydrogen) atoms. The molecular weight excluding hydrogens is 240 g/mol. The number of nitrogens with one attached hydrogen (secondary N) is 1. The number of amides is 1. The molecule has 0 bridgehead atoms. The van der Waals surface area contributed by atoms with Crippen LogP contribution in [-0.4, -0.2) is 19.1 Å². The van der Waals surface area contributed by atoms with Gasteiger partial charge in [0.2, 0.25) is 5.91 Å². The van der Waals surface area contributed by atoms with Crippen molar-refractivity contribution in [2.24, 2.45) is 11.7 Å². The van der Waals surface area contributed by atoms with E-state index in [1.165, 1.54) is 0 Å². The highest BCUT2D eigenvalue weighted by Gasteiger charge is 2.14. The number of benzene rings is 1. The topological polar surface area (TPSA) is 64.3 Å². The maximum atomic E-state index is 11.8. The smallest absolute Gasteiger partial charge is 0.237 e. The molecule has 0 aliphatic carbocycles. The zero-order chi connectivity index (χ0) is 14.3. The fourth-order valence-electron chi connectivity index (χ4n) is 1.93. The molecule has 4 heteroatoms. The van der Waals surface area contributed by atoms with Gasteiger partial charge < -0.3 is 15.8 Å². The Morgan fingerprint density at radius 3 is 2.68 bits per heavy atom. The zero-order valence-electron chi connectivity index (χ0n) is 12.0. The molecule has 1 rings (SSSR count). The molecule has 0 saturated heterocycles. The van der Waals surface area contributed by atoms with E-state index in [4.69, 9.17) is 10.5 Å². The molecule has 3 N–H and O–H groups in total. The van der Waals surface area contributed by atoms with Crippen molar-refractivity contribution in [3.05, 3.63) is 35.4 Å². The number of hydrogen-bond donors (Lipinski definition) is 2. The van der Waals surface area contributed by atoms with Gasteiger partial charge in [0.1, 0.15) is 0 Å². The van der Waals surface area contributed by atoms with Crippen LogP contribution in [0, 0.1) is 5.92 Å². The number of carbonyl (C=O) groups excluding carboxylic acids is 1. The third-order valence-electron chi connectivity index (χ3n) is 2.83. The van der Waals surface area contributed by atoms with Gasteiger partial charge >= 0.3 is 0 Å². The van der Waals surface area contributed by atoms with Crippen molar-refractivity contribution in [2.45, 2.75) is 39.5 Å². The molecule has 0 aliphatic rings. The van der Waals surface area contributed by atoms with Gasteiger partial charge in [0.05, 0.1) is 12.6 Å². The van der Waals surface area contributed by atoms with E-state index in [9.17, 15) is 4.79 Å². The van der Waals surface area contributed by atoms with Crippen LogP contribution in [0.5, 0.6) is 0 Å². The number of methoxy groups -OCH3 is 1. The largest absolute Gasteiger partial charge is 0.380 e. The molecule has 0 fully saturated rings. The molecule has 0 radical (unpaired) electrons. The summed E-state index contributed by atoms with van der Waals surface area (Å²) in [5, 5.41) is 2.87. The summed E-state index contributed by atoms with van der Waals surface area (Å²) in [5.74, 6) is 0.330. The summed E-state index contributed by atoms with van der Waals surface area (Å²) in [6.07, 6.45) is 0.704. The number of nitrogens with two attached hydrogens (primary N) is 1. The molecular formula is C15H24N2O2. The third kappa shape index (κ3) is 5.85. The Hall–Kier alpha value is -1.39. The van der Waals surface area contributed by atoms with Crippen LogP contribution in [0.15, 0.2) is 24.3 Å². The summed E-state index contributed by atoms with van der Waals surface area (Å²) >= 11 is 0. The summed E-state index contributed by atoms with van der Waals surface area (Å²) in [5.41, 5.74) is 7.98. The molecule has 0 heterocycles. The van der Waals surface area contributed by atoms with Crippen LogP contribution in [0.25, 0.3) is 0 Å². The van der Waals surface area contributed by atoms with E-state index < -0.39 is 6.04 Å². The summed E-state index contributed by atoms with van der Waals surface area (Å²) in [4.78, 5) is 11.8. The fraction of sp³-hybridized carbons (Fsp3) is 0.533. The van der Waals surface area contributed by atoms with Crippen LogP contribution in [0.3, 0.4) is 0 Å². The van der Waals surface area contributed by atoms with Gasteiger partial charge in [-0.15, -0.1) is 0 Å². The predicted molar refractivity (Wildman–Crippen MR) is 76.4 cm³/mol. The highest BCUT2D eigenvalue weighted by atomic mass is 16.5. The normalized spacial score (nSPS) is 12.5. The predicted octanol–water partition coefficient (Wildman–Crippen LogP) is 1.82. The van der Waals surface area contributed by atoms with E-state index in [2.05, 4.69) is 19.2 Å². The van der Waals surface area contributed by atoms with Crippen LogP contribution in [0.1, 0.15) is 31.4 Å². The molecule has 1 atom stereocenters. The van der Waals surface area contributed by atoms with Crippen LogP contribution in [0.2, 0.25) is 0 Å².